The number of hydrogen-bond donors (Lipinski definition) is 1. The van der Waals surface area contributed by atoms with Crippen molar-refractivity contribution in [3.63, 3.8) is 0 Å². The van der Waals surface area contributed by atoms with Crippen LogP contribution in [0, 0.1) is 0 Å². The van der Waals surface area contributed by atoms with Crippen molar-refractivity contribution in [2.24, 2.45) is 0 Å². The van der Waals surface area contributed by atoms with Gasteiger partial charge >= 0.3 is 6.03 Å². The Labute approximate surface area is 142 Å². The summed E-state index contributed by atoms with van der Waals surface area (Å²) in [5, 5.41) is 2.72. The predicted molar refractivity (Wildman–Crippen MR) is 91.2 cm³/mol. The van der Waals surface area contributed by atoms with Gasteiger partial charge in [0, 0.05) is 13.1 Å². The molecule has 1 aromatic carbocycles. The Kier molecular flexibility index (Phi) is 5.59. The van der Waals surface area contributed by atoms with E-state index in [2.05, 4.69) is 12.2 Å². The number of rotatable bonds is 7. The minimum Gasteiger partial charge on any atom is -0.341 e. The van der Waals surface area contributed by atoms with Gasteiger partial charge in [-0.15, -0.1) is 0 Å². The Morgan fingerprint density at radius 1 is 1.21 bits per heavy atom. The Hall–Kier alpha value is -2.37. The quantitative estimate of drug-likeness (QED) is 0.778. The number of nitrogens with one attached hydrogen (secondary N) is 1. The van der Waals surface area contributed by atoms with Crippen LogP contribution in [0.2, 0.25) is 0 Å². The van der Waals surface area contributed by atoms with Gasteiger partial charge in [-0.1, -0.05) is 43.7 Å². The molecule has 1 aliphatic rings. The van der Waals surface area contributed by atoms with Crippen molar-refractivity contribution in [1.29, 1.82) is 0 Å². The van der Waals surface area contributed by atoms with Crippen molar-refractivity contribution < 1.29 is 14.4 Å². The summed E-state index contributed by atoms with van der Waals surface area (Å²) in [6.07, 6.45) is 1.89. The third-order valence-corrected chi connectivity index (χ3v) is 4.44. The fourth-order valence-electron chi connectivity index (χ4n) is 2.85. The lowest BCUT2D eigenvalue weighted by Gasteiger charge is -2.24. The van der Waals surface area contributed by atoms with E-state index in [1.54, 1.807) is 24.0 Å². The highest BCUT2D eigenvalue weighted by atomic mass is 16.2. The molecule has 1 heterocycles. The second kappa shape index (κ2) is 7.47. The van der Waals surface area contributed by atoms with Gasteiger partial charge in [-0.05, 0) is 25.8 Å². The van der Waals surface area contributed by atoms with Crippen molar-refractivity contribution in [3.8, 4) is 0 Å². The van der Waals surface area contributed by atoms with Gasteiger partial charge < -0.3 is 10.2 Å². The highest BCUT2D eigenvalue weighted by molar-refractivity contribution is 6.09. The summed E-state index contributed by atoms with van der Waals surface area (Å²) in [4.78, 5) is 40.2. The van der Waals surface area contributed by atoms with Crippen molar-refractivity contribution in [3.05, 3.63) is 35.9 Å². The van der Waals surface area contributed by atoms with Gasteiger partial charge in [-0.2, -0.15) is 0 Å². The zero-order chi connectivity index (χ0) is 17.7. The lowest BCUT2D eigenvalue weighted by molar-refractivity contribution is -0.138. The lowest BCUT2D eigenvalue weighted by atomic mass is 9.92. The van der Waals surface area contributed by atoms with Crippen LogP contribution in [-0.4, -0.2) is 47.3 Å². The average molecular weight is 331 g/mol. The molecule has 1 saturated heterocycles. The summed E-state index contributed by atoms with van der Waals surface area (Å²) >= 11 is 0. The SMILES string of the molecule is CCCCN(CC)C(=O)CN1C(=O)NC(C)(c2ccccc2)C1=O. The van der Waals surface area contributed by atoms with E-state index in [1.807, 2.05) is 25.1 Å². The number of amides is 4. The lowest BCUT2D eigenvalue weighted by Crippen LogP contribution is -2.44. The van der Waals surface area contributed by atoms with Crippen LogP contribution in [0.3, 0.4) is 0 Å². The van der Waals surface area contributed by atoms with E-state index in [4.69, 9.17) is 0 Å². The largest absolute Gasteiger partial charge is 0.341 e. The molecule has 4 amide bonds. The van der Waals surface area contributed by atoms with Gasteiger partial charge in [0.2, 0.25) is 5.91 Å². The average Bonchev–Trinajstić information content (AvgIpc) is 2.80. The fourth-order valence-corrected chi connectivity index (χ4v) is 2.85. The molecule has 0 aromatic heterocycles. The van der Waals surface area contributed by atoms with Gasteiger partial charge in [0.05, 0.1) is 0 Å². The molecule has 6 heteroatoms. The number of unbranched alkanes of at least 4 members (excludes halogenated alkanes) is 1. The van der Waals surface area contributed by atoms with Crippen LogP contribution in [0.15, 0.2) is 30.3 Å². The van der Waals surface area contributed by atoms with E-state index in [1.165, 1.54) is 0 Å². The highest BCUT2D eigenvalue weighted by Crippen LogP contribution is 2.28. The van der Waals surface area contributed by atoms with Gasteiger partial charge in [0.15, 0.2) is 0 Å². The molecule has 0 aliphatic carbocycles. The maximum absolute atomic E-state index is 12.8. The normalized spacial score (nSPS) is 20.2. The molecular weight excluding hydrogens is 306 g/mol. The van der Waals surface area contributed by atoms with Gasteiger partial charge in [-0.3, -0.25) is 14.5 Å². The van der Waals surface area contributed by atoms with Crippen LogP contribution in [0.5, 0.6) is 0 Å². The van der Waals surface area contributed by atoms with E-state index in [9.17, 15) is 14.4 Å². The van der Waals surface area contributed by atoms with E-state index >= 15 is 0 Å². The first-order chi connectivity index (χ1) is 11.4. The van der Waals surface area contributed by atoms with E-state index in [0.717, 1.165) is 17.7 Å². The molecule has 1 N–H and O–H groups in total. The monoisotopic (exact) mass is 331 g/mol. The number of benzene rings is 1. The van der Waals surface area contributed by atoms with Crippen LogP contribution in [0.25, 0.3) is 0 Å². The Bertz CT molecular complexity index is 617. The smallest absolute Gasteiger partial charge is 0.325 e. The van der Waals surface area contributed by atoms with Crippen LogP contribution in [-0.2, 0) is 15.1 Å². The molecule has 130 valence electrons. The molecule has 1 fully saturated rings. The van der Waals surface area contributed by atoms with Crippen LogP contribution in [0.4, 0.5) is 4.79 Å². The van der Waals surface area contributed by atoms with E-state index in [-0.39, 0.29) is 12.5 Å². The maximum Gasteiger partial charge on any atom is 0.325 e. The maximum atomic E-state index is 12.8. The summed E-state index contributed by atoms with van der Waals surface area (Å²) in [5.41, 5.74) is -0.421. The number of carbonyl (C=O) groups excluding carboxylic acids is 3. The summed E-state index contributed by atoms with van der Waals surface area (Å²) in [6, 6.07) is 8.55. The molecule has 6 nitrogen and oxygen atoms in total. The first-order valence-corrected chi connectivity index (χ1v) is 8.41. The molecule has 0 saturated carbocycles. The summed E-state index contributed by atoms with van der Waals surface area (Å²) < 4.78 is 0. The second-order valence-electron chi connectivity index (χ2n) is 6.14. The summed E-state index contributed by atoms with van der Waals surface area (Å²) in [5.74, 6) is -0.592. The Morgan fingerprint density at radius 3 is 2.46 bits per heavy atom. The zero-order valence-electron chi connectivity index (χ0n) is 14.5. The zero-order valence-corrected chi connectivity index (χ0v) is 14.5. The van der Waals surface area contributed by atoms with Gasteiger partial charge in [-0.25, -0.2) is 4.79 Å². The molecule has 1 aliphatic heterocycles. The van der Waals surface area contributed by atoms with Crippen molar-refractivity contribution in [1.82, 2.24) is 15.1 Å². The standard InChI is InChI=1S/C18H25N3O3/c1-4-6-12-20(5-2)15(22)13-21-16(23)18(3,19-17(21)24)14-10-8-7-9-11-14/h7-11H,4-6,12-13H2,1-3H3,(H,19,24). The molecule has 0 spiro atoms. The molecule has 0 radical (unpaired) electrons. The van der Waals surface area contributed by atoms with E-state index < -0.39 is 17.5 Å². The van der Waals surface area contributed by atoms with E-state index in [0.29, 0.717) is 18.7 Å². The molecule has 1 unspecified atom stereocenters. The third-order valence-electron chi connectivity index (χ3n) is 4.44. The Balaban J connectivity index is 2.13. The molecular formula is C18H25N3O3. The molecule has 24 heavy (non-hydrogen) atoms. The number of urea groups is 1. The molecule has 1 atom stereocenters. The number of carbonyl (C=O) groups is 3. The first-order valence-electron chi connectivity index (χ1n) is 8.41. The number of imide groups is 1. The van der Waals surface area contributed by atoms with Crippen molar-refractivity contribution >= 4 is 17.8 Å². The van der Waals surface area contributed by atoms with Gasteiger partial charge in [0.1, 0.15) is 12.1 Å². The fraction of sp³-hybridized carbons (Fsp3) is 0.500. The number of nitrogens with zero attached hydrogens (tertiary/aromatic N) is 2. The number of likely N-dealkylation sites (N-methyl/N-ethyl adjacent to an activating group) is 1. The van der Waals surface area contributed by atoms with Crippen LogP contribution < -0.4 is 5.32 Å². The van der Waals surface area contributed by atoms with Gasteiger partial charge in [0.25, 0.3) is 5.91 Å². The number of hydrogen-bond acceptors (Lipinski definition) is 3. The summed E-state index contributed by atoms with van der Waals surface area (Å²) in [6.45, 7) is 6.62. The molecule has 1 aromatic rings. The summed E-state index contributed by atoms with van der Waals surface area (Å²) in [7, 11) is 0. The topological polar surface area (TPSA) is 69.7 Å². The second-order valence-corrected chi connectivity index (χ2v) is 6.14. The third kappa shape index (κ3) is 3.42. The Morgan fingerprint density at radius 2 is 1.88 bits per heavy atom. The van der Waals surface area contributed by atoms with Crippen LogP contribution >= 0.6 is 0 Å². The van der Waals surface area contributed by atoms with Crippen molar-refractivity contribution in [2.45, 2.75) is 39.2 Å². The first kappa shape index (κ1) is 18.0. The minimum absolute atomic E-state index is 0.202. The molecule has 0 bridgehead atoms. The molecule has 2 rings (SSSR count). The minimum atomic E-state index is -1.13. The predicted octanol–water partition coefficient (Wildman–Crippen LogP) is 2.10. The highest BCUT2D eigenvalue weighted by Gasteiger charge is 2.49. The van der Waals surface area contributed by atoms with Crippen LogP contribution in [0.1, 0.15) is 39.2 Å². The van der Waals surface area contributed by atoms with Crippen molar-refractivity contribution in [2.75, 3.05) is 19.6 Å².